The molecule has 2 heterocycles. The molecule has 0 spiro atoms. The highest BCUT2D eigenvalue weighted by molar-refractivity contribution is 6.29. The molecule has 1 aliphatic carbocycles. The molecule has 0 saturated heterocycles. The minimum absolute atomic E-state index is 0.400. The summed E-state index contributed by atoms with van der Waals surface area (Å²) in [6, 6.07) is 5.36. The first kappa shape index (κ1) is 10.6. The van der Waals surface area contributed by atoms with Gasteiger partial charge in [0.2, 0.25) is 0 Å². The first-order valence-corrected chi connectivity index (χ1v) is 6.05. The lowest BCUT2D eigenvalue weighted by Crippen LogP contribution is -2.00. The predicted octanol–water partition coefficient (Wildman–Crippen LogP) is 2.59. The number of pyridine rings is 1. The Kier molecular flexibility index (Phi) is 2.52. The van der Waals surface area contributed by atoms with E-state index in [4.69, 9.17) is 17.3 Å². The number of aromatic nitrogens is 3. The average molecular weight is 249 g/mol. The first-order valence-electron chi connectivity index (χ1n) is 5.67. The lowest BCUT2D eigenvalue weighted by molar-refractivity contribution is 0.564. The molecule has 2 aromatic rings. The highest BCUT2D eigenvalue weighted by atomic mass is 35.5. The van der Waals surface area contributed by atoms with Gasteiger partial charge in [0.1, 0.15) is 10.8 Å². The van der Waals surface area contributed by atoms with E-state index in [1.807, 2.05) is 16.9 Å². The van der Waals surface area contributed by atoms with Crippen LogP contribution in [0.5, 0.6) is 0 Å². The van der Waals surface area contributed by atoms with Crippen molar-refractivity contribution < 1.29 is 0 Å². The quantitative estimate of drug-likeness (QED) is 0.850. The topological polar surface area (TPSA) is 56.7 Å². The van der Waals surface area contributed by atoms with Gasteiger partial charge in [0.25, 0.3) is 0 Å². The molecule has 0 aliphatic heterocycles. The van der Waals surface area contributed by atoms with Crippen LogP contribution in [0.15, 0.2) is 24.4 Å². The molecule has 17 heavy (non-hydrogen) atoms. The van der Waals surface area contributed by atoms with Crippen LogP contribution in [0.2, 0.25) is 5.15 Å². The van der Waals surface area contributed by atoms with Crippen molar-refractivity contribution in [2.45, 2.75) is 19.4 Å². The summed E-state index contributed by atoms with van der Waals surface area (Å²) in [4.78, 5) is 4.22. The standard InChI is InChI=1S/C12H13ClN4/c13-12-6-9(14)5-11(15-12)10-3-4-17(16-10)7-8-1-2-8/h3-6,8H,1-2,7H2,(H2,14,15). The number of nitrogen functional groups attached to an aromatic ring is 1. The SMILES string of the molecule is Nc1cc(Cl)nc(-c2ccn(CC3CC3)n2)c1. The summed E-state index contributed by atoms with van der Waals surface area (Å²) >= 11 is 5.88. The number of anilines is 1. The van der Waals surface area contributed by atoms with Gasteiger partial charge in [0.15, 0.2) is 0 Å². The Morgan fingerprint density at radius 3 is 2.88 bits per heavy atom. The third-order valence-electron chi connectivity index (χ3n) is 2.86. The van der Waals surface area contributed by atoms with Crippen LogP contribution >= 0.6 is 11.6 Å². The molecule has 0 bridgehead atoms. The molecule has 1 saturated carbocycles. The monoisotopic (exact) mass is 248 g/mol. The first-order chi connectivity index (χ1) is 8.20. The van der Waals surface area contributed by atoms with Crippen LogP contribution < -0.4 is 5.73 Å². The van der Waals surface area contributed by atoms with Gasteiger partial charge in [-0.3, -0.25) is 4.68 Å². The Hall–Kier alpha value is -1.55. The highest BCUT2D eigenvalue weighted by Gasteiger charge is 2.22. The Morgan fingerprint density at radius 1 is 1.35 bits per heavy atom. The maximum Gasteiger partial charge on any atom is 0.131 e. The molecule has 4 nitrogen and oxygen atoms in total. The van der Waals surface area contributed by atoms with E-state index in [1.54, 1.807) is 12.1 Å². The molecule has 0 unspecified atom stereocenters. The fourth-order valence-corrected chi connectivity index (χ4v) is 2.03. The van der Waals surface area contributed by atoms with Crippen LogP contribution in [-0.4, -0.2) is 14.8 Å². The summed E-state index contributed by atoms with van der Waals surface area (Å²) < 4.78 is 1.96. The molecule has 2 aromatic heterocycles. The van der Waals surface area contributed by atoms with E-state index in [2.05, 4.69) is 10.1 Å². The summed E-state index contributed by atoms with van der Waals surface area (Å²) in [5.74, 6) is 0.806. The van der Waals surface area contributed by atoms with Crippen molar-refractivity contribution in [1.29, 1.82) is 0 Å². The molecule has 0 atom stereocenters. The largest absolute Gasteiger partial charge is 0.399 e. The van der Waals surface area contributed by atoms with E-state index in [0.717, 1.165) is 23.9 Å². The van der Waals surface area contributed by atoms with Gasteiger partial charge in [0, 0.05) is 18.4 Å². The van der Waals surface area contributed by atoms with Gasteiger partial charge < -0.3 is 5.73 Å². The average Bonchev–Trinajstić information content (AvgIpc) is 2.93. The molecule has 0 amide bonds. The van der Waals surface area contributed by atoms with Gasteiger partial charge >= 0.3 is 0 Å². The highest BCUT2D eigenvalue weighted by Crippen LogP contribution is 2.30. The predicted molar refractivity (Wildman–Crippen MR) is 67.6 cm³/mol. The van der Waals surface area contributed by atoms with Gasteiger partial charge in [-0.15, -0.1) is 0 Å². The number of nitrogens with zero attached hydrogens (tertiary/aromatic N) is 3. The second-order valence-corrected chi connectivity index (χ2v) is 4.86. The van der Waals surface area contributed by atoms with Crippen molar-refractivity contribution in [3.8, 4) is 11.4 Å². The van der Waals surface area contributed by atoms with Crippen molar-refractivity contribution >= 4 is 17.3 Å². The van der Waals surface area contributed by atoms with Crippen LogP contribution in [0, 0.1) is 5.92 Å². The second-order valence-electron chi connectivity index (χ2n) is 4.47. The molecule has 1 fully saturated rings. The van der Waals surface area contributed by atoms with Crippen molar-refractivity contribution in [1.82, 2.24) is 14.8 Å². The minimum atomic E-state index is 0.400. The van der Waals surface area contributed by atoms with E-state index in [-0.39, 0.29) is 0 Å². The van der Waals surface area contributed by atoms with Crippen LogP contribution in [-0.2, 0) is 6.54 Å². The lowest BCUT2D eigenvalue weighted by Gasteiger charge is -2.00. The zero-order valence-corrected chi connectivity index (χ0v) is 10.1. The van der Waals surface area contributed by atoms with Crippen LogP contribution in [0.3, 0.4) is 0 Å². The van der Waals surface area contributed by atoms with Gasteiger partial charge in [-0.05, 0) is 37.0 Å². The number of hydrogen-bond acceptors (Lipinski definition) is 3. The van der Waals surface area contributed by atoms with E-state index in [1.165, 1.54) is 12.8 Å². The zero-order valence-electron chi connectivity index (χ0n) is 9.31. The van der Waals surface area contributed by atoms with Crippen LogP contribution in [0.25, 0.3) is 11.4 Å². The molecule has 3 rings (SSSR count). The third kappa shape index (κ3) is 2.42. The maximum atomic E-state index is 5.88. The Morgan fingerprint density at radius 2 is 2.18 bits per heavy atom. The van der Waals surface area contributed by atoms with Crippen molar-refractivity contribution in [2.75, 3.05) is 5.73 Å². The van der Waals surface area contributed by atoms with Crippen LogP contribution in [0.1, 0.15) is 12.8 Å². The Bertz CT molecular complexity index is 525. The number of nitrogens with two attached hydrogens (primary N) is 1. The zero-order chi connectivity index (χ0) is 11.8. The Labute approximate surface area is 104 Å². The third-order valence-corrected chi connectivity index (χ3v) is 3.06. The summed E-state index contributed by atoms with van der Waals surface area (Å²) in [7, 11) is 0. The van der Waals surface area contributed by atoms with Crippen LogP contribution in [0.4, 0.5) is 5.69 Å². The maximum absolute atomic E-state index is 5.88. The number of halogens is 1. The summed E-state index contributed by atoms with van der Waals surface area (Å²) in [6.45, 7) is 0.996. The molecule has 88 valence electrons. The van der Waals surface area contributed by atoms with E-state index in [0.29, 0.717) is 10.8 Å². The molecular weight excluding hydrogens is 236 g/mol. The molecule has 0 aromatic carbocycles. The van der Waals surface area contributed by atoms with Crippen molar-refractivity contribution in [3.05, 3.63) is 29.5 Å². The van der Waals surface area contributed by atoms with Gasteiger partial charge in [-0.1, -0.05) is 11.6 Å². The van der Waals surface area contributed by atoms with Crippen molar-refractivity contribution in [3.63, 3.8) is 0 Å². The molecule has 0 radical (unpaired) electrons. The molecule has 5 heteroatoms. The molecule has 2 N–H and O–H groups in total. The van der Waals surface area contributed by atoms with E-state index >= 15 is 0 Å². The second kappa shape index (κ2) is 4.04. The lowest BCUT2D eigenvalue weighted by atomic mass is 10.2. The van der Waals surface area contributed by atoms with Crippen molar-refractivity contribution in [2.24, 2.45) is 5.92 Å². The molecular formula is C12H13ClN4. The normalized spacial score (nSPS) is 15.1. The minimum Gasteiger partial charge on any atom is -0.399 e. The smallest absolute Gasteiger partial charge is 0.131 e. The van der Waals surface area contributed by atoms with E-state index in [9.17, 15) is 0 Å². The number of hydrogen-bond donors (Lipinski definition) is 1. The fraction of sp³-hybridized carbons (Fsp3) is 0.333. The van der Waals surface area contributed by atoms with E-state index < -0.39 is 0 Å². The number of rotatable bonds is 3. The van der Waals surface area contributed by atoms with Gasteiger partial charge in [-0.25, -0.2) is 4.98 Å². The molecule has 1 aliphatic rings. The Balaban J connectivity index is 1.88. The fourth-order valence-electron chi connectivity index (χ4n) is 1.81. The summed E-state index contributed by atoms with van der Waals surface area (Å²) in [5, 5.41) is 4.88. The summed E-state index contributed by atoms with van der Waals surface area (Å²) in [5.41, 5.74) is 7.89. The van der Waals surface area contributed by atoms with Gasteiger partial charge in [0.05, 0.1) is 5.69 Å². The van der Waals surface area contributed by atoms with Gasteiger partial charge in [-0.2, -0.15) is 5.10 Å². The summed E-state index contributed by atoms with van der Waals surface area (Å²) in [6.07, 6.45) is 4.61.